The number of aliphatic hydroxyl groups excluding tert-OH is 1. The molecule has 96 valence electrons. The molecule has 1 atom stereocenters. The average Bonchev–Trinajstić information content (AvgIpc) is 2.37. The van der Waals surface area contributed by atoms with E-state index in [0.717, 1.165) is 0 Å². The minimum absolute atomic E-state index is 0.104. The van der Waals surface area contributed by atoms with E-state index in [0.29, 0.717) is 5.69 Å². The molecular weight excluding hydrogens is 257 g/mol. The summed E-state index contributed by atoms with van der Waals surface area (Å²) in [6.07, 6.45) is 5.10. The van der Waals surface area contributed by atoms with Crippen LogP contribution < -0.4 is 5.09 Å². The van der Waals surface area contributed by atoms with Crippen LogP contribution in [0.15, 0.2) is 24.3 Å². The number of nitrogens with one attached hydrogen (secondary N) is 1. The van der Waals surface area contributed by atoms with Crippen LogP contribution >= 0.6 is 7.52 Å². The zero-order valence-electron chi connectivity index (χ0n) is 9.37. The maximum Gasteiger partial charge on any atom is 0.367 e. The van der Waals surface area contributed by atoms with Gasteiger partial charge >= 0.3 is 13.5 Å². The number of carboxylic acid groups (broad SMARTS) is 1. The van der Waals surface area contributed by atoms with Gasteiger partial charge in [0.25, 0.3) is 0 Å². The van der Waals surface area contributed by atoms with Gasteiger partial charge in [0.15, 0.2) is 0 Å². The van der Waals surface area contributed by atoms with Gasteiger partial charge in [-0.25, -0.2) is 4.79 Å². The first kappa shape index (κ1) is 14.3. The SMILES string of the molecule is C#CP(=O)(Nc1ccc(C(=O)O)cc1)OCCO. The Morgan fingerprint density at radius 1 is 1.44 bits per heavy atom. The molecule has 0 amide bonds. The Labute approximate surface area is 104 Å². The standard InChI is InChI=1S/C11H12NO5P/c1-2-18(16,17-8-7-13)12-10-5-3-9(4-6-10)11(14)15/h1,3-6,13H,7-8H2,(H,12,16)(H,14,15). The van der Waals surface area contributed by atoms with Gasteiger partial charge in [-0.2, -0.15) is 0 Å². The van der Waals surface area contributed by atoms with Crippen molar-refractivity contribution in [1.82, 2.24) is 0 Å². The molecule has 0 heterocycles. The van der Waals surface area contributed by atoms with E-state index in [-0.39, 0.29) is 18.8 Å². The van der Waals surface area contributed by atoms with Crippen molar-refractivity contribution in [1.29, 1.82) is 0 Å². The average molecular weight is 269 g/mol. The van der Waals surface area contributed by atoms with Gasteiger partial charge in [-0.3, -0.25) is 4.57 Å². The van der Waals surface area contributed by atoms with E-state index in [1.165, 1.54) is 24.3 Å². The number of aliphatic hydroxyl groups is 1. The van der Waals surface area contributed by atoms with Gasteiger partial charge in [-0.15, -0.1) is 6.42 Å². The summed E-state index contributed by atoms with van der Waals surface area (Å²) in [7, 11) is -3.51. The number of rotatable bonds is 6. The third-order valence-electron chi connectivity index (χ3n) is 1.94. The predicted molar refractivity (Wildman–Crippen MR) is 66.5 cm³/mol. The van der Waals surface area contributed by atoms with Gasteiger partial charge in [0.1, 0.15) is 0 Å². The van der Waals surface area contributed by atoms with Crippen LogP contribution in [0.1, 0.15) is 10.4 Å². The second-order valence-electron chi connectivity index (χ2n) is 3.23. The Bertz CT molecular complexity index is 505. The summed E-state index contributed by atoms with van der Waals surface area (Å²) in [5, 5.41) is 19.8. The molecule has 7 heteroatoms. The smallest absolute Gasteiger partial charge is 0.367 e. The maximum atomic E-state index is 11.9. The summed E-state index contributed by atoms with van der Waals surface area (Å²) in [6, 6.07) is 5.54. The van der Waals surface area contributed by atoms with Crippen molar-refractivity contribution in [2.24, 2.45) is 0 Å². The zero-order chi connectivity index (χ0) is 13.6. The Balaban J connectivity index is 2.80. The molecule has 18 heavy (non-hydrogen) atoms. The van der Waals surface area contributed by atoms with Crippen LogP contribution in [-0.4, -0.2) is 29.4 Å². The monoisotopic (exact) mass is 269 g/mol. The molecule has 0 aromatic heterocycles. The Morgan fingerprint density at radius 2 is 2.06 bits per heavy atom. The fourth-order valence-electron chi connectivity index (χ4n) is 1.13. The Morgan fingerprint density at radius 3 is 2.50 bits per heavy atom. The summed E-state index contributed by atoms with van der Waals surface area (Å²) in [5.41, 5.74) is 2.47. The van der Waals surface area contributed by atoms with Gasteiger partial charge in [-0.1, -0.05) is 0 Å². The van der Waals surface area contributed by atoms with Gasteiger partial charge in [0.05, 0.1) is 18.8 Å². The Kier molecular flexibility index (Phi) is 4.93. The first-order valence-electron chi connectivity index (χ1n) is 4.96. The lowest BCUT2D eigenvalue weighted by Crippen LogP contribution is -2.03. The number of hydrogen-bond acceptors (Lipinski definition) is 4. The number of hydrogen-bond donors (Lipinski definition) is 3. The lowest BCUT2D eigenvalue weighted by atomic mass is 10.2. The van der Waals surface area contributed by atoms with Gasteiger partial charge in [0, 0.05) is 11.3 Å². The van der Waals surface area contributed by atoms with E-state index in [4.69, 9.17) is 21.2 Å². The fourth-order valence-corrected chi connectivity index (χ4v) is 2.16. The molecule has 0 fully saturated rings. The highest BCUT2D eigenvalue weighted by Crippen LogP contribution is 2.45. The van der Waals surface area contributed by atoms with E-state index in [1.54, 1.807) is 0 Å². The molecular formula is C11H12NO5P. The van der Waals surface area contributed by atoms with E-state index in [9.17, 15) is 9.36 Å². The molecule has 1 unspecified atom stereocenters. The number of carbonyl (C=O) groups is 1. The van der Waals surface area contributed by atoms with Crippen molar-refractivity contribution >= 4 is 19.2 Å². The lowest BCUT2D eigenvalue weighted by molar-refractivity contribution is 0.0697. The second-order valence-corrected chi connectivity index (χ2v) is 5.07. The molecule has 1 aromatic carbocycles. The molecule has 0 saturated heterocycles. The normalized spacial score (nSPS) is 13.3. The molecule has 1 rings (SSSR count). The largest absolute Gasteiger partial charge is 0.478 e. The van der Waals surface area contributed by atoms with Crippen LogP contribution in [0.5, 0.6) is 0 Å². The molecule has 0 aliphatic carbocycles. The number of benzene rings is 1. The van der Waals surface area contributed by atoms with Gasteiger partial charge < -0.3 is 19.8 Å². The van der Waals surface area contributed by atoms with Crippen LogP contribution in [0.3, 0.4) is 0 Å². The van der Waals surface area contributed by atoms with Crippen LogP contribution in [0, 0.1) is 12.1 Å². The number of terminal acetylenes is 1. The quantitative estimate of drug-likeness (QED) is 0.536. The first-order valence-corrected chi connectivity index (χ1v) is 6.58. The molecule has 1 aromatic rings. The topological polar surface area (TPSA) is 95.9 Å². The summed E-state index contributed by atoms with van der Waals surface area (Å²) >= 11 is 0. The van der Waals surface area contributed by atoms with Crippen molar-refractivity contribution < 1.29 is 24.1 Å². The number of aromatic carboxylic acids is 1. The molecule has 0 aliphatic rings. The third-order valence-corrected chi connectivity index (χ3v) is 3.38. The van der Waals surface area contributed by atoms with Gasteiger partial charge in [0.2, 0.25) is 0 Å². The van der Waals surface area contributed by atoms with Crippen LogP contribution in [0.25, 0.3) is 0 Å². The zero-order valence-corrected chi connectivity index (χ0v) is 10.3. The van der Waals surface area contributed by atoms with Crippen molar-refractivity contribution in [2.45, 2.75) is 0 Å². The molecule has 0 spiro atoms. The van der Waals surface area contributed by atoms with Crippen molar-refractivity contribution in [3.05, 3.63) is 29.8 Å². The summed E-state index contributed by atoms with van der Waals surface area (Å²) in [4.78, 5) is 10.6. The lowest BCUT2D eigenvalue weighted by Gasteiger charge is -2.14. The van der Waals surface area contributed by atoms with Crippen LogP contribution in [0.4, 0.5) is 5.69 Å². The third kappa shape index (κ3) is 3.90. The number of anilines is 1. The maximum absolute atomic E-state index is 11.9. The Hall–Kier alpha value is -1.80. The minimum Gasteiger partial charge on any atom is -0.478 e. The summed E-state index contributed by atoms with van der Waals surface area (Å²) in [6.45, 7) is -0.451. The van der Waals surface area contributed by atoms with E-state index < -0.39 is 13.5 Å². The summed E-state index contributed by atoms with van der Waals surface area (Å²) < 4.78 is 16.8. The van der Waals surface area contributed by atoms with Crippen LogP contribution in [0.2, 0.25) is 0 Å². The highest BCUT2D eigenvalue weighted by molar-refractivity contribution is 7.65. The molecule has 0 bridgehead atoms. The van der Waals surface area contributed by atoms with Crippen molar-refractivity contribution in [3.63, 3.8) is 0 Å². The van der Waals surface area contributed by atoms with Crippen LogP contribution in [-0.2, 0) is 9.09 Å². The first-order chi connectivity index (χ1) is 8.50. The van der Waals surface area contributed by atoms with Gasteiger partial charge in [-0.05, 0) is 24.3 Å². The molecule has 0 radical (unpaired) electrons. The van der Waals surface area contributed by atoms with Crippen molar-refractivity contribution in [3.8, 4) is 12.1 Å². The molecule has 0 saturated carbocycles. The van der Waals surface area contributed by atoms with E-state index >= 15 is 0 Å². The highest BCUT2D eigenvalue weighted by Gasteiger charge is 2.19. The predicted octanol–water partition coefficient (Wildman–Crippen LogP) is 1.59. The van der Waals surface area contributed by atoms with Crippen molar-refractivity contribution in [2.75, 3.05) is 18.3 Å². The molecule has 0 aliphatic heterocycles. The molecule has 6 nitrogen and oxygen atoms in total. The number of carboxylic acids is 1. The molecule has 3 N–H and O–H groups in total. The second kappa shape index (κ2) is 6.22. The highest BCUT2D eigenvalue weighted by atomic mass is 31.2. The summed E-state index contributed by atoms with van der Waals surface area (Å²) in [5.74, 6) is -1.06. The fraction of sp³-hybridized carbons (Fsp3) is 0.182. The minimum atomic E-state index is -3.51. The van der Waals surface area contributed by atoms with E-state index in [2.05, 4.69) is 5.09 Å². The van der Waals surface area contributed by atoms with E-state index in [1.807, 2.05) is 5.66 Å².